The van der Waals surface area contributed by atoms with E-state index in [0.29, 0.717) is 47.5 Å². The second-order valence-corrected chi connectivity index (χ2v) is 11.6. The molecule has 0 radical (unpaired) electrons. The number of nitrogens with zero attached hydrogens (tertiary/aromatic N) is 4. The van der Waals surface area contributed by atoms with Crippen LogP contribution in [0.3, 0.4) is 0 Å². The highest BCUT2D eigenvalue weighted by Gasteiger charge is 2.30. The van der Waals surface area contributed by atoms with Crippen molar-refractivity contribution in [2.75, 3.05) is 37.3 Å². The number of H-pyrrole nitrogens is 1. The Hall–Kier alpha value is -4.91. The molecular weight excluding hydrogens is 599 g/mol. The van der Waals surface area contributed by atoms with Crippen LogP contribution >= 0.6 is 0 Å². The van der Waals surface area contributed by atoms with Gasteiger partial charge in [0.1, 0.15) is 16.9 Å². The van der Waals surface area contributed by atoms with E-state index in [0.717, 1.165) is 31.5 Å². The number of alkyl halides is 3. The van der Waals surface area contributed by atoms with E-state index in [4.69, 9.17) is 4.74 Å². The summed E-state index contributed by atoms with van der Waals surface area (Å²) in [5, 5.41) is 14.0. The van der Waals surface area contributed by atoms with Crippen molar-refractivity contribution in [3.8, 4) is 11.5 Å². The quantitative estimate of drug-likeness (QED) is 0.182. The van der Waals surface area contributed by atoms with Gasteiger partial charge >= 0.3 is 6.18 Å². The van der Waals surface area contributed by atoms with Gasteiger partial charge in [-0.1, -0.05) is 12.1 Å². The first kappa shape index (κ1) is 31.1. The number of fused-ring (bicyclic) bond motifs is 1. The van der Waals surface area contributed by atoms with E-state index in [1.165, 1.54) is 37.1 Å². The first-order chi connectivity index (χ1) is 22.1. The fraction of sp³-hybridized carbons (Fsp3) is 0.333. The minimum absolute atomic E-state index is 0.000210. The van der Waals surface area contributed by atoms with E-state index in [2.05, 4.69) is 37.8 Å². The number of carbonyl (C=O) groups excluding carboxylic acids is 2. The normalized spacial score (nSPS) is 17.1. The zero-order valence-electron chi connectivity index (χ0n) is 25.2. The van der Waals surface area contributed by atoms with Crippen LogP contribution in [0.5, 0.6) is 11.5 Å². The number of aromatic nitrogens is 3. The summed E-state index contributed by atoms with van der Waals surface area (Å²) in [4.78, 5) is 34.0. The van der Waals surface area contributed by atoms with Crippen molar-refractivity contribution in [3.63, 3.8) is 0 Å². The summed E-state index contributed by atoms with van der Waals surface area (Å²) in [6.07, 6.45) is 4.85. The molecule has 10 nitrogen and oxygen atoms in total. The van der Waals surface area contributed by atoms with E-state index >= 15 is 0 Å². The lowest BCUT2D eigenvalue weighted by Crippen LogP contribution is -2.44. The minimum atomic E-state index is -4.51. The molecule has 240 valence electrons. The van der Waals surface area contributed by atoms with Crippen LogP contribution in [-0.2, 0) is 11.0 Å². The average molecular weight is 634 g/mol. The zero-order valence-corrected chi connectivity index (χ0v) is 25.2. The number of benzene rings is 2. The number of amides is 2. The number of carbonyl (C=O) groups is 2. The molecule has 1 saturated carbocycles. The molecule has 46 heavy (non-hydrogen) atoms. The molecule has 3 N–H and O–H groups in total. The molecule has 2 aromatic carbocycles. The summed E-state index contributed by atoms with van der Waals surface area (Å²) >= 11 is 0. The second kappa shape index (κ2) is 13.2. The van der Waals surface area contributed by atoms with Crippen LogP contribution in [0.15, 0.2) is 72.9 Å². The Bertz CT molecular complexity index is 1730. The number of rotatable bonds is 10. The Morgan fingerprint density at radius 1 is 1.13 bits per heavy atom. The SMILES string of the molecule is CN(CC=CC(=O)N1CCC[C@@H](Nc2n[nH]c3nccc(Oc4ccc(C(=O)Nc5cccc(C(F)(F)F)c5)cc4)c23)C1)C1CC1. The van der Waals surface area contributed by atoms with Gasteiger partial charge in [-0.25, -0.2) is 4.98 Å². The summed E-state index contributed by atoms with van der Waals surface area (Å²) in [6.45, 7) is 2.00. The molecule has 13 heteroatoms. The highest BCUT2D eigenvalue weighted by molar-refractivity contribution is 6.04. The molecule has 1 atom stereocenters. The molecule has 1 saturated heterocycles. The maximum absolute atomic E-state index is 13.0. The molecule has 0 bridgehead atoms. The largest absolute Gasteiger partial charge is 0.456 e. The van der Waals surface area contributed by atoms with Gasteiger partial charge in [0, 0.05) is 61.3 Å². The number of pyridine rings is 1. The molecule has 1 aliphatic carbocycles. The fourth-order valence-corrected chi connectivity index (χ4v) is 5.47. The van der Waals surface area contributed by atoms with Gasteiger partial charge in [0.15, 0.2) is 11.5 Å². The molecule has 2 fully saturated rings. The van der Waals surface area contributed by atoms with Crippen molar-refractivity contribution in [2.24, 2.45) is 0 Å². The first-order valence-corrected chi connectivity index (χ1v) is 15.2. The topological polar surface area (TPSA) is 115 Å². The highest BCUT2D eigenvalue weighted by atomic mass is 19.4. The molecule has 2 aliphatic rings. The smallest absolute Gasteiger partial charge is 0.416 e. The lowest BCUT2D eigenvalue weighted by Gasteiger charge is -2.32. The summed E-state index contributed by atoms with van der Waals surface area (Å²) < 4.78 is 45.3. The summed E-state index contributed by atoms with van der Waals surface area (Å²) in [7, 11) is 2.08. The number of nitrogens with one attached hydrogen (secondary N) is 3. The van der Waals surface area contributed by atoms with Gasteiger partial charge in [0.25, 0.3) is 5.91 Å². The van der Waals surface area contributed by atoms with Crippen molar-refractivity contribution < 1.29 is 27.5 Å². The number of halogens is 3. The third-order valence-electron chi connectivity index (χ3n) is 8.11. The number of likely N-dealkylation sites (tertiary alicyclic amines) is 1. The standard InChI is InChI=1S/C33H34F3N7O3/c1-42(25-11-12-25)17-4-8-28(44)43-18-3-7-24(20-43)38-31-29-27(15-16-37-30(29)40-41-31)46-26-13-9-21(10-14-26)32(45)39-23-6-2-5-22(19-23)33(34,35)36/h2,4-6,8-10,13-16,19,24-25H,3,7,11-12,17-18,20H2,1H3,(H,39,45)(H2,37,38,40,41)/t24-/m1/s1. The minimum Gasteiger partial charge on any atom is -0.456 e. The van der Waals surface area contributed by atoms with Gasteiger partial charge in [0.05, 0.1) is 5.56 Å². The number of anilines is 2. The Morgan fingerprint density at radius 2 is 1.93 bits per heavy atom. The van der Waals surface area contributed by atoms with E-state index in [1.807, 2.05) is 11.0 Å². The number of piperidine rings is 1. The average Bonchev–Trinajstić information content (AvgIpc) is 3.82. The molecule has 6 rings (SSSR count). The van der Waals surface area contributed by atoms with Gasteiger partial charge in [-0.15, -0.1) is 0 Å². The van der Waals surface area contributed by atoms with Crippen molar-refractivity contribution in [1.29, 1.82) is 0 Å². The van der Waals surface area contributed by atoms with Crippen LogP contribution in [0.1, 0.15) is 41.6 Å². The number of ether oxygens (including phenoxy) is 1. The Kier molecular flexibility index (Phi) is 8.93. The summed E-state index contributed by atoms with van der Waals surface area (Å²) in [5.74, 6) is 0.911. The number of aromatic amines is 1. The van der Waals surface area contributed by atoms with Crippen molar-refractivity contribution in [2.45, 2.75) is 43.9 Å². The van der Waals surface area contributed by atoms with Crippen molar-refractivity contribution >= 4 is 34.4 Å². The van der Waals surface area contributed by atoms with Crippen LogP contribution in [0.25, 0.3) is 11.0 Å². The van der Waals surface area contributed by atoms with E-state index < -0.39 is 17.6 Å². The Morgan fingerprint density at radius 3 is 2.70 bits per heavy atom. The molecule has 1 aliphatic heterocycles. The lowest BCUT2D eigenvalue weighted by molar-refractivity contribution is -0.137. The Balaban J connectivity index is 1.09. The first-order valence-electron chi connectivity index (χ1n) is 15.2. The van der Waals surface area contributed by atoms with E-state index in [9.17, 15) is 22.8 Å². The fourth-order valence-electron chi connectivity index (χ4n) is 5.47. The summed E-state index contributed by atoms with van der Waals surface area (Å²) in [5.41, 5.74) is -0.0437. The highest BCUT2D eigenvalue weighted by Crippen LogP contribution is 2.34. The van der Waals surface area contributed by atoms with Crippen molar-refractivity contribution in [1.82, 2.24) is 25.0 Å². The van der Waals surface area contributed by atoms with Gasteiger partial charge in [0.2, 0.25) is 5.91 Å². The third kappa shape index (κ3) is 7.48. The molecule has 0 unspecified atom stereocenters. The Labute approximate surface area is 263 Å². The molecule has 3 heterocycles. The maximum atomic E-state index is 13.0. The van der Waals surface area contributed by atoms with Gasteiger partial charge in [-0.2, -0.15) is 18.3 Å². The molecule has 0 spiro atoms. The molecule has 4 aromatic rings. The van der Waals surface area contributed by atoms with Gasteiger partial charge in [-0.3, -0.25) is 19.6 Å². The zero-order chi connectivity index (χ0) is 32.3. The second-order valence-electron chi connectivity index (χ2n) is 11.6. The maximum Gasteiger partial charge on any atom is 0.416 e. The molecule has 2 amide bonds. The number of hydrogen-bond acceptors (Lipinski definition) is 7. The predicted octanol–water partition coefficient (Wildman–Crippen LogP) is 6.07. The third-order valence-corrected chi connectivity index (χ3v) is 8.11. The van der Waals surface area contributed by atoms with Gasteiger partial charge in [-0.05, 0) is 75.2 Å². The van der Waals surface area contributed by atoms with Crippen LogP contribution < -0.4 is 15.4 Å². The van der Waals surface area contributed by atoms with Crippen LogP contribution in [0, 0.1) is 0 Å². The van der Waals surface area contributed by atoms with Gasteiger partial charge < -0.3 is 20.3 Å². The van der Waals surface area contributed by atoms with E-state index in [1.54, 1.807) is 30.5 Å². The van der Waals surface area contributed by atoms with E-state index in [-0.39, 0.29) is 23.2 Å². The number of likely N-dealkylation sites (N-methyl/N-ethyl adjacent to an activating group) is 1. The van der Waals surface area contributed by atoms with Crippen LogP contribution in [-0.4, -0.2) is 75.6 Å². The number of hydrogen-bond donors (Lipinski definition) is 3. The van der Waals surface area contributed by atoms with Crippen LogP contribution in [0.4, 0.5) is 24.7 Å². The predicted molar refractivity (Wildman–Crippen MR) is 168 cm³/mol. The lowest BCUT2D eigenvalue weighted by atomic mass is 10.1. The molecular formula is C33H34F3N7O3. The van der Waals surface area contributed by atoms with Crippen molar-refractivity contribution in [3.05, 3.63) is 84.1 Å². The molecule has 2 aromatic heterocycles. The van der Waals surface area contributed by atoms with Crippen LogP contribution in [0.2, 0.25) is 0 Å². The monoisotopic (exact) mass is 633 g/mol. The summed E-state index contributed by atoms with van der Waals surface area (Å²) in [6, 6.07) is 13.0.